The van der Waals surface area contributed by atoms with E-state index >= 15 is 0 Å². The molecule has 1 aromatic heterocycles. The molecule has 25 heavy (non-hydrogen) atoms. The zero-order chi connectivity index (χ0) is 17.8. The zero-order valence-electron chi connectivity index (χ0n) is 13.6. The predicted molar refractivity (Wildman–Crippen MR) is 92.3 cm³/mol. The van der Waals surface area contributed by atoms with Crippen molar-refractivity contribution in [1.82, 2.24) is 0 Å². The van der Waals surface area contributed by atoms with Gasteiger partial charge in [-0.15, -0.1) is 0 Å². The molecule has 2 aromatic carbocycles. The summed E-state index contributed by atoms with van der Waals surface area (Å²) >= 11 is 0. The van der Waals surface area contributed by atoms with Crippen LogP contribution < -0.4 is 10.4 Å². The number of aromatic hydroxyl groups is 1. The molecule has 3 aromatic rings. The first-order chi connectivity index (χ1) is 12.1. The van der Waals surface area contributed by atoms with E-state index in [1.807, 2.05) is 6.07 Å². The molecule has 0 saturated carbocycles. The van der Waals surface area contributed by atoms with Gasteiger partial charge in [0.15, 0.2) is 5.78 Å². The number of carbonyl (C=O) groups excluding carboxylic acids is 1. The van der Waals surface area contributed by atoms with Crippen molar-refractivity contribution < 1.29 is 19.1 Å². The lowest BCUT2D eigenvalue weighted by Gasteiger charge is -2.11. The quantitative estimate of drug-likeness (QED) is 0.724. The molecule has 0 atom stereocenters. The van der Waals surface area contributed by atoms with E-state index in [-0.39, 0.29) is 23.5 Å². The van der Waals surface area contributed by atoms with E-state index in [1.165, 1.54) is 19.2 Å². The van der Waals surface area contributed by atoms with Gasteiger partial charge in [-0.25, -0.2) is 4.79 Å². The van der Waals surface area contributed by atoms with Crippen LogP contribution in [0.4, 0.5) is 0 Å². The van der Waals surface area contributed by atoms with Crippen LogP contribution >= 0.6 is 0 Å². The Balaban J connectivity index is 2.04. The molecule has 1 N–H and O–H groups in total. The monoisotopic (exact) mass is 336 g/mol. The minimum atomic E-state index is -0.537. The van der Waals surface area contributed by atoms with Gasteiger partial charge in [0.2, 0.25) is 0 Å². The second kappa shape index (κ2) is 7.05. The van der Waals surface area contributed by atoms with Gasteiger partial charge >= 0.3 is 5.63 Å². The topological polar surface area (TPSA) is 76.7 Å². The summed E-state index contributed by atoms with van der Waals surface area (Å²) in [6.07, 6.45) is 0.175. The van der Waals surface area contributed by atoms with Crippen molar-refractivity contribution in [2.75, 3.05) is 7.11 Å². The average Bonchev–Trinajstić information content (AvgIpc) is 2.61. The highest BCUT2D eigenvalue weighted by Gasteiger charge is 2.19. The lowest BCUT2D eigenvalue weighted by molar-refractivity contribution is 0.103. The Morgan fingerprint density at radius 3 is 2.56 bits per heavy atom. The zero-order valence-corrected chi connectivity index (χ0v) is 13.6. The van der Waals surface area contributed by atoms with Gasteiger partial charge < -0.3 is 14.3 Å². The fourth-order valence-corrected chi connectivity index (χ4v) is 2.63. The lowest BCUT2D eigenvalue weighted by Crippen LogP contribution is -2.08. The number of ether oxygens (including phenoxy) is 1. The molecular weight excluding hydrogens is 320 g/mol. The minimum Gasteiger partial charge on any atom is -0.507 e. The van der Waals surface area contributed by atoms with Gasteiger partial charge in [-0.1, -0.05) is 42.5 Å². The number of methoxy groups -OCH3 is 1. The number of hydrogen-bond donors (Lipinski definition) is 1. The Labute approximate surface area is 144 Å². The molecule has 126 valence electrons. The van der Waals surface area contributed by atoms with E-state index in [0.29, 0.717) is 22.6 Å². The van der Waals surface area contributed by atoms with Crippen molar-refractivity contribution in [2.24, 2.45) is 0 Å². The van der Waals surface area contributed by atoms with Crippen molar-refractivity contribution in [2.45, 2.75) is 6.42 Å². The van der Waals surface area contributed by atoms with Crippen LogP contribution in [0.3, 0.4) is 0 Å². The largest absolute Gasteiger partial charge is 0.507 e. The van der Waals surface area contributed by atoms with E-state index < -0.39 is 5.63 Å². The minimum absolute atomic E-state index is 0.114. The molecule has 0 spiro atoms. The van der Waals surface area contributed by atoms with Gasteiger partial charge in [-0.2, -0.15) is 0 Å². The molecule has 0 unspecified atom stereocenters. The number of ketones is 1. The maximum Gasteiger partial charge on any atom is 0.339 e. The van der Waals surface area contributed by atoms with Gasteiger partial charge in [-0.05, 0) is 11.6 Å². The van der Waals surface area contributed by atoms with Crippen LogP contribution in [0.2, 0.25) is 0 Å². The lowest BCUT2D eigenvalue weighted by atomic mass is 9.95. The molecule has 0 amide bonds. The van der Waals surface area contributed by atoms with Crippen LogP contribution in [0.25, 0.3) is 0 Å². The van der Waals surface area contributed by atoms with Crippen LogP contribution in [-0.2, 0) is 6.42 Å². The van der Waals surface area contributed by atoms with Crippen LogP contribution in [-0.4, -0.2) is 18.0 Å². The van der Waals surface area contributed by atoms with Crippen LogP contribution in [0.15, 0.2) is 69.9 Å². The summed E-state index contributed by atoms with van der Waals surface area (Å²) < 4.78 is 10.2. The van der Waals surface area contributed by atoms with Crippen LogP contribution in [0, 0.1) is 0 Å². The fraction of sp³-hybridized carbons (Fsp3) is 0.100. The second-order valence-corrected chi connectivity index (χ2v) is 5.47. The number of phenols is 1. The first-order valence-electron chi connectivity index (χ1n) is 7.67. The second-order valence-electron chi connectivity index (χ2n) is 5.47. The summed E-state index contributed by atoms with van der Waals surface area (Å²) in [6, 6.07) is 16.3. The maximum atomic E-state index is 12.8. The Morgan fingerprint density at radius 2 is 1.84 bits per heavy atom. The highest BCUT2D eigenvalue weighted by molar-refractivity contribution is 6.11. The van der Waals surface area contributed by atoms with Gasteiger partial charge in [-0.3, -0.25) is 4.79 Å². The van der Waals surface area contributed by atoms with E-state index in [1.54, 1.807) is 42.5 Å². The molecule has 0 fully saturated rings. The number of hydrogen-bond acceptors (Lipinski definition) is 5. The number of rotatable bonds is 5. The van der Waals surface area contributed by atoms with Crippen LogP contribution in [0.5, 0.6) is 11.5 Å². The van der Waals surface area contributed by atoms with Crippen molar-refractivity contribution in [1.29, 1.82) is 0 Å². The summed E-state index contributed by atoms with van der Waals surface area (Å²) in [4.78, 5) is 24.4. The van der Waals surface area contributed by atoms with Gasteiger partial charge in [0.1, 0.15) is 17.3 Å². The smallest absolute Gasteiger partial charge is 0.339 e. The Morgan fingerprint density at radius 1 is 1.08 bits per heavy atom. The maximum absolute atomic E-state index is 12.8. The molecule has 0 aliphatic rings. The molecule has 3 rings (SSSR count). The van der Waals surface area contributed by atoms with Crippen molar-refractivity contribution in [3.8, 4) is 11.5 Å². The van der Waals surface area contributed by atoms with Gasteiger partial charge in [0.25, 0.3) is 0 Å². The Hall–Kier alpha value is -3.34. The Bertz CT molecular complexity index is 957. The van der Waals surface area contributed by atoms with E-state index in [0.717, 1.165) is 0 Å². The highest BCUT2D eigenvalue weighted by Crippen LogP contribution is 2.26. The van der Waals surface area contributed by atoms with E-state index in [9.17, 15) is 14.7 Å². The Kier molecular flexibility index (Phi) is 4.66. The normalized spacial score (nSPS) is 10.4. The molecule has 0 aliphatic carbocycles. The summed E-state index contributed by atoms with van der Waals surface area (Å²) in [6.45, 7) is 0. The highest BCUT2D eigenvalue weighted by atomic mass is 16.5. The molecular formula is C20H16O5. The molecule has 0 aliphatic heterocycles. The molecule has 5 nitrogen and oxygen atoms in total. The van der Waals surface area contributed by atoms with E-state index in [4.69, 9.17) is 9.15 Å². The summed E-state index contributed by atoms with van der Waals surface area (Å²) in [5.41, 5.74) is 0.687. The third kappa shape index (κ3) is 3.61. The molecule has 1 heterocycles. The average molecular weight is 336 g/mol. The van der Waals surface area contributed by atoms with Crippen molar-refractivity contribution >= 4 is 5.78 Å². The standard InChI is InChI=1S/C20H16O5/c1-24-15-11-16(25-18(22)12-15)10-14-8-5-9-17(21)19(14)20(23)13-6-3-2-4-7-13/h2-9,11-12,21H,10H2,1H3. The van der Waals surface area contributed by atoms with Crippen molar-refractivity contribution in [3.63, 3.8) is 0 Å². The van der Waals surface area contributed by atoms with Crippen molar-refractivity contribution in [3.05, 3.63) is 93.5 Å². The third-order valence-corrected chi connectivity index (χ3v) is 3.79. The summed E-state index contributed by atoms with van der Waals surface area (Å²) in [7, 11) is 1.46. The van der Waals surface area contributed by atoms with E-state index in [2.05, 4.69) is 0 Å². The van der Waals surface area contributed by atoms with Gasteiger partial charge in [0, 0.05) is 18.1 Å². The first kappa shape index (κ1) is 16.5. The first-order valence-corrected chi connectivity index (χ1v) is 7.67. The summed E-state index contributed by atoms with van der Waals surface area (Å²) in [5, 5.41) is 10.2. The number of benzene rings is 2. The predicted octanol–water partition coefficient (Wildman–Crippen LogP) is 3.18. The summed E-state index contributed by atoms with van der Waals surface area (Å²) in [5.74, 6) is 0.315. The SMILES string of the molecule is COc1cc(Cc2cccc(O)c2C(=O)c2ccccc2)oc(=O)c1. The number of phenolic OH excluding ortho intramolecular Hbond substituents is 1. The molecule has 5 heteroatoms. The molecule has 0 saturated heterocycles. The van der Waals surface area contributed by atoms with Crippen LogP contribution in [0.1, 0.15) is 27.2 Å². The molecule has 0 radical (unpaired) electrons. The fourth-order valence-electron chi connectivity index (χ4n) is 2.63. The van der Waals surface area contributed by atoms with Gasteiger partial charge in [0.05, 0.1) is 18.7 Å². The third-order valence-electron chi connectivity index (χ3n) is 3.79. The number of carbonyl (C=O) groups is 1. The molecule has 0 bridgehead atoms.